The van der Waals surface area contributed by atoms with Crippen LogP contribution < -0.4 is 0 Å². The fourth-order valence-electron chi connectivity index (χ4n) is 0.966. The standard InChI is InChI=1S/C12H22O7/c1-11(10-14)12(15)19-9-8-18-7-6-17-5-4-16-3-2-13/h10,13-14H,2-9H2,1H3. The van der Waals surface area contributed by atoms with E-state index in [1.165, 1.54) is 6.92 Å². The van der Waals surface area contributed by atoms with Crippen LogP contribution in [0.4, 0.5) is 0 Å². The van der Waals surface area contributed by atoms with Crippen LogP contribution in [0.1, 0.15) is 6.92 Å². The number of aliphatic hydroxyl groups is 2. The van der Waals surface area contributed by atoms with E-state index in [1.54, 1.807) is 0 Å². The van der Waals surface area contributed by atoms with E-state index in [0.29, 0.717) is 39.3 Å². The number of hydrogen-bond acceptors (Lipinski definition) is 7. The molecule has 19 heavy (non-hydrogen) atoms. The van der Waals surface area contributed by atoms with Gasteiger partial charge in [0.25, 0.3) is 0 Å². The fraction of sp³-hybridized carbons (Fsp3) is 0.750. The van der Waals surface area contributed by atoms with Gasteiger partial charge in [0.15, 0.2) is 0 Å². The van der Waals surface area contributed by atoms with E-state index in [2.05, 4.69) is 0 Å². The first-order chi connectivity index (χ1) is 9.22. The molecule has 0 fully saturated rings. The maximum atomic E-state index is 11.1. The number of carbonyl (C=O) groups excluding carboxylic acids is 1. The maximum Gasteiger partial charge on any atom is 0.336 e. The van der Waals surface area contributed by atoms with Crippen molar-refractivity contribution in [2.45, 2.75) is 6.92 Å². The van der Waals surface area contributed by atoms with Gasteiger partial charge in [-0.1, -0.05) is 0 Å². The zero-order valence-electron chi connectivity index (χ0n) is 11.2. The first kappa shape index (κ1) is 17.8. The predicted octanol–water partition coefficient (Wildman–Crippen LogP) is 0.0335. The van der Waals surface area contributed by atoms with Crippen LogP contribution in [0.25, 0.3) is 0 Å². The molecule has 0 saturated heterocycles. The summed E-state index contributed by atoms with van der Waals surface area (Å²) in [5, 5.41) is 17.0. The number of esters is 1. The van der Waals surface area contributed by atoms with Crippen LogP contribution in [0.15, 0.2) is 11.8 Å². The highest BCUT2D eigenvalue weighted by Crippen LogP contribution is 1.94. The van der Waals surface area contributed by atoms with E-state index in [-0.39, 0.29) is 25.4 Å². The van der Waals surface area contributed by atoms with Crippen molar-refractivity contribution < 1.29 is 34.0 Å². The van der Waals surface area contributed by atoms with Gasteiger partial charge in [-0.15, -0.1) is 0 Å². The Morgan fingerprint density at radius 2 is 1.42 bits per heavy atom. The van der Waals surface area contributed by atoms with E-state index < -0.39 is 5.97 Å². The maximum absolute atomic E-state index is 11.1. The van der Waals surface area contributed by atoms with Gasteiger partial charge in [0.2, 0.25) is 0 Å². The van der Waals surface area contributed by atoms with Gasteiger partial charge < -0.3 is 29.2 Å². The number of hydrogen-bond donors (Lipinski definition) is 2. The summed E-state index contributed by atoms with van der Waals surface area (Å²) in [5.74, 6) is -0.566. The van der Waals surface area contributed by atoms with Crippen LogP contribution in [-0.2, 0) is 23.7 Å². The minimum absolute atomic E-state index is 0.00672. The van der Waals surface area contributed by atoms with E-state index in [9.17, 15) is 4.79 Å². The van der Waals surface area contributed by atoms with Crippen LogP contribution in [0.2, 0.25) is 0 Å². The molecule has 0 aliphatic carbocycles. The Balaban J connectivity index is 3.17. The molecular weight excluding hydrogens is 256 g/mol. The molecule has 0 amide bonds. The summed E-state index contributed by atoms with van der Waals surface area (Å²) in [7, 11) is 0. The van der Waals surface area contributed by atoms with Crippen molar-refractivity contribution in [2.75, 3.05) is 52.9 Å². The lowest BCUT2D eigenvalue weighted by atomic mass is 10.3. The van der Waals surface area contributed by atoms with Crippen molar-refractivity contribution in [3.8, 4) is 0 Å². The lowest BCUT2D eigenvalue weighted by Gasteiger charge is -2.07. The Morgan fingerprint density at radius 1 is 0.947 bits per heavy atom. The Labute approximate surface area is 112 Å². The quantitative estimate of drug-likeness (QED) is 0.225. The largest absolute Gasteiger partial charge is 0.515 e. The highest BCUT2D eigenvalue weighted by molar-refractivity contribution is 5.87. The lowest BCUT2D eigenvalue weighted by Crippen LogP contribution is -2.14. The second kappa shape index (κ2) is 13.3. The Kier molecular flexibility index (Phi) is 12.5. The molecule has 0 unspecified atom stereocenters. The lowest BCUT2D eigenvalue weighted by molar-refractivity contribution is -0.140. The second-order valence-corrected chi connectivity index (χ2v) is 3.51. The molecule has 0 atom stereocenters. The Hall–Kier alpha value is -1.15. The molecule has 0 aliphatic heterocycles. The zero-order chi connectivity index (χ0) is 14.3. The topological polar surface area (TPSA) is 94.5 Å². The molecule has 0 aromatic carbocycles. The third-order valence-electron chi connectivity index (χ3n) is 1.96. The average molecular weight is 278 g/mol. The molecule has 0 heterocycles. The van der Waals surface area contributed by atoms with E-state index in [4.69, 9.17) is 29.2 Å². The van der Waals surface area contributed by atoms with Gasteiger partial charge in [-0.05, 0) is 6.92 Å². The molecule has 0 bridgehead atoms. The molecule has 7 nitrogen and oxygen atoms in total. The summed E-state index contributed by atoms with van der Waals surface area (Å²) in [6.45, 7) is 3.87. The molecule has 112 valence electrons. The number of rotatable bonds is 12. The highest BCUT2D eigenvalue weighted by Gasteiger charge is 2.04. The molecule has 0 saturated carbocycles. The van der Waals surface area contributed by atoms with Crippen molar-refractivity contribution in [1.82, 2.24) is 0 Å². The summed E-state index contributed by atoms with van der Waals surface area (Å²) >= 11 is 0. The van der Waals surface area contributed by atoms with E-state index in [1.807, 2.05) is 0 Å². The van der Waals surface area contributed by atoms with Crippen LogP contribution in [0.3, 0.4) is 0 Å². The summed E-state index contributed by atoms with van der Waals surface area (Å²) in [6, 6.07) is 0. The number of carbonyl (C=O) groups is 1. The average Bonchev–Trinajstić information content (AvgIpc) is 2.43. The van der Waals surface area contributed by atoms with Crippen molar-refractivity contribution >= 4 is 5.97 Å². The van der Waals surface area contributed by atoms with Crippen LogP contribution in [-0.4, -0.2) is 69.0 Å². The Morgan fingerprint density at radius 3 is 1.89 bits per heavy atom. The van der Waals surface area contributed by atoms with Gasteiger partial charge in [-0.2, -0.15) is 0 Å². The molecule has 0 radical (unpaired) electrons. The summed E-state index contributed by atoms with van der Waals surface area (Å²) < 4.78 is 20.1. The summed E-state index contributed by atoms with van der Waals surface area (Å²) in [5.41, 5.74) is 0.145. The van der Waals surface area contributed by atoms with Gasteiger partial charge in [-0.25, -0.2) is 4.79 Å². The van der Waals surface area contributed by atoms with Crippen LogP contribution >= 0.6 is 0 Å². The van der Waals surface area contributed by atoms with E-state index in [0.717, 1.165) is 0 Å². The molecule has 0 aliphatic rings. The van der Waals surface area contributed by atoms with Crippen LogP contribution in [0.5, 0.6) is 0 Å². The van der Waals surface area contributed by atoms with Gasteiger partial charge in [0.05, 0.1) is 58.1 Å². The van der Waals surface area contributed by atoms with Crippen LogP contribution in [0, 0.1) is 0 Å². The third-order valence-corrected chi connectivity index (χ3v) is 1.96. The van der Waals surface area contributed by atoms with Crippen molar-refractivity contribution in [1.29, 1.82) is 0 Å². The minimum Gasteiger partial charge on any atom is -0.515 e. The second-order valence-electron chi connectivity index (χ2n) is 3.51. The predicted molar refractivity (Wildman–Crippen MR) is 66.9 cm³/mol. The molecule has 0 aromatic rings. The first-order valence-electron chi connectivity index (χ1n) is 6.04. The van der Waals surface area contributed by atoms with Crippen molar-refractivity contribution in [3.05, 3.63) is 11.8 Å². The summed E-state index contributed by atoms with van der Waals surface area (Å²) in [4.78, 5) is 11.1. The van der Waals surface area contributed by atoms with Crippen molar-refractivity contribution in [3.63, 3.8) is 0 Å². The fourth-order valence-corrected chi connectivity index (χ4v) is 0.966. The smallest absolute Gasteiger partial charge is 0.336 e. The minimum atomic E-state index is -0.566. The van der Waals surface area contributed by atoms with Gasteiger partial charge in [-0.3, -0.25) is 0 Å². The molecule has 7 heteroatoms. The zero-order valence-corrected chi connectivity index (χ0v) is 11.2. The highest BCUT2D eigenvalue weighted by atomic mass is 16.6. The first-order valence-corrected chi connectivity index (χ1v) is 6.04. The Bertz CT molecular complexity index is 252. The van der Waals surface area contributed by atoms with Gasteiger partial charge >= 0.3 is 5.97 Å². The van der Waals surface area contributed by atoms with Crippen molar-refractivity contribution in [2.24, 2.45) is 0 Å². The third kappa shape index (κ3) is 11.7. The summed E-state index contributed by atoms with van der Waals surface area (Å²) in [6.07, 6.45) is 0.704. The molecule has 2 N–H and O–H groups in total. The SMILES string of the molecule is CC(=CO)C(=O)OCCOCCOCCOCCO. The normalized spacial score (nSPS) is 11.6. The molecule has 0 rings (SSSR count). The number of aliphatic hydroxyl groups excluding tert-OH is 2. The number of ether oxygens (including phenoxy) is 4. The molecule has 0 aromatic heterocycles. The van der Waals surface area contributed by atoms with E-state index >= 15 is 0 Å². The molecular formula is C12H22O7. The van der Waals surface area contributed by atoms with Gasteiger partial charge in [0, 0.05) is 0 Å². The molecule has 0 spiro atoms. The monoisotopic (exact) mass is 278 g/mol. The van der Waals surface area contributed by atoms with Gasteiger partial charge in [0.1, 0.15) is 6.61 Å².